The van der Waals surface area contributed by atoms with Crippen LogP contribution in [0, 0.1) is 23.5 Å². The molecule has 1 aliphatic heterocycles. The molecule has 0 N–H and O–H groups in total. The predicted molar refractivity (Wildman–Crippen MR) is 257 cm³/mol. The number of benzene rings is 7. The van der Waals surface area contributed by atoms with E-state index in [1.165, 1.54) is 16.7 Å². The Morgan fingerprint density at radius 1 is 0.625 bits per heavy atom. The topological polar surface area (TPSA) is 56.9 Å². The third-order valence-corrected chi connectivity index (χ3v) is 11.8. The molecule has 7 aromatic carbocycles. The van der Waals surface area contributed by atoms with Gasteiger partial charge in [-0.1, -0.05) is 130 Å². The van der Waals surface area contributed by atoms with Crippen LogP contribution in [-0.4, -0.2) is 15.6 Å². The fourth-order valence-corrected chi connectivity index (χ4v) is 8.41. The Morgan fingerprint density at radius 3 is 2.14 bits per heavy atom. The number of hydrogen-bond donors (Lipinski definition) is 0. The minimum absolute atomic E-state index is 0. The smallest absolute Gasteiger partial charge is 0.509 e. The Kier molecular flexibility index (Phi) is 10.9. The molecule has 2 aromatic heterocycles. The Labute approximate surface area is 389 Å². The van der Waals surface area contributed by atoms with Crippen LogP contribution in [0.5, 0.6) is 11.5 Å². The molecule has 9 aromatic rings. The summed E-state index contributed by atoms with van der Waals surface area (Å²) in [7, 11) is 0. The van der Waals surface area contributed by atoms with Crippen molar-refractivity contribution in [1.29, 1.82) is 5.26 Å². The first-order valence-corrected chi connectivity index (χ1v) is 21.3. The fraction of sp³-hybridized carbons (Fsp3) is 0.140. The van der Waals surface area contributed by atoms with E-state index >= 15 is 0 Å². The summed E-state index contributed by atoms with van der Waals surface area (Å²) in [4.78, 5) is 4.83. The molecule has 7 heteroatoms. The van der Waals surface area contributed by atoms with Gasteiger partial charge in [0.15, 0.2) is 0 Å². The summed E-state index contributed by atoms with van der Waals surface area (Å²) >= 11 is 0. The Hall–Kier alpha value is -7.15. The van der Waals surface area contributed by atoms with E-state index in [0.29, 0.717) is 17.1 Å². The molecule has 10 rings (SSSR count). The number of ether oxygens (including phenoxy) is 1. The molecule has 0 unspecified atom stereocenters. The van der Waals surface area contributed by atoms with Crippen LogP contribution in [0.15, 0.2) is 164 Å². The second-order valence-electron chi connectivity index (χ2n) is 18.1. The van der Waals surface area contributed by atoms with Crippen molar-refractivity contribution in [2.24, 2.45) is 0 Å². The summed E-state index contributed by atoms with van der Waals surface area (Å²) < 4.78 is 13.0. The van der Waals surface area contributed by atoms with E-state index in [4.69, 9.17) is 9.72 Å². The molecular weight excluding hydrogens is 966 g/mol. The molecule has 0 saturated carbocycles. The second-order valence-corrected chi connectivity index (χ2v) is 18.1. The largest absolute Gasteiger partial charge is 2.00 e. The normalized spacial score (nSPS) is 12.3. The molecule has 0 radical (unpaired) electrons. The zero-order valence-electron chi connectivity index (χ0n) is 36.5. The van der Waals surface area contributed by atoms with Gasteiger partial charge in [0, 0.05) is 41.4 Å². The van der Waals surface area contributed by atoms with Crippen molar-refractivity contribution in [3.63, 3.8) is 0 Å². The zero-order chi connectivity index (χ0) is 43.5. The number of pyridine rings is 1. The van der Waals surface area contributed by atoms with Crippen LogP contribution in [-0.2, 0) is 31.9 Å². The van der Waals surface area contributed by atoms with Crippen LogP contribution in [0.2, 0.25) is 0 Å². The van der Waals surface area contributed by atoms with Gasteiger partial charge >= 0.3 is 32.8 Å². The SMILES string of the molecule is CC(C)(C)c1cccc([N+]2=C=[N+](c3[c-]c(Oc4[c-]c5c(cc4)c4cc(C#N)ccc4n5-c4cc(C(C)(C)C)ccn4)ccc3)c3cccc(-c4cccc(-c5ccccc5)c4)c32)c1.[Pt+2]. The monoisotopic (exact) mass is 1010 g/mol. The van der Waals surface area contributed by atoms with Gasteiger partial charge in [0.05, 0.1) is 17.2 Å². The summed E-state index contributed by atoms with van der Waals surface area (Å²) in [6.45, 7) is 13.3. The van der Waals surface area contributed by atoms with E-state index in [2.05, 4.69) is 183 Å². The average Bonchev–Trinajstić information content (AvgIpc) is 3.85. The standard InChI is InChI=1S/C57H45N5O.Pt/c1-56(2,3)42-18-11-19-44(32-42)61-37-60(52-23-13-22-48(55(52)61)41-17-10-16-40(31-41)39-14-8-7-9-15-39)45-20-12-21-46(34-45)63-47-25-26-49-50-30-38(36-58)24-27-51(50)62(53(49)35-47)54-33-43(28-29-59-54)57(4,5)6;/h7-33H,1-6H3;/q;+2. The van der Waals surface area contributed by atoms with Crippen LogP contribution >= 0.6 is 0 Å². The van der Waals surface area contributed by atoms with E-state index in [9.17, 15) is 5.26 Å². The number of rotatable bonds is 7. The first-order valence-electron chi connectivity index (χ1n) is 21.3. The molecule has 0 atom stereocenters. The van der Waals surface area contributed by atoms with E-state index in [0.717, 1.165) is 67.1 Å². The van der Waals surface area contributed by atoms with Crippen molar-refractivity contribution in [2.75, 3.05) is 0 Å². The molecule has 0 spiro atoms. The molecule has 0 amide bonds. The summed E-state index contributed by atoms with van der Waals surface area (Å²) in [6, 6.07) is 67.5. The van der Waals surface area contributed by atoms with Crippen LogP contribution in [0.25, 0.3) is 49.9 Å². The summed E-state index contributed by atoms with van der Waals surface area (Å²) in [5.74, 6) is 1.84. The number of fused-ring (bicyclic) bond motifs is 4. The minimum atomic E-state index is -0.0729. The first-order chi connectivity index (χ1) is 30.4. The fourth-order valence-electron chi connectivity index (χ4n) is 8.41. The number of aromatic nitrogens is 2. The molecule has 0 saturated heterocycles. The molecule has 0 aliphatic carbocycles. The molecule has 312 valence electrons. The van der Waals surface area contributed by atoms with Crippen molar-refractivity contribution < 1.29 is 25.8 Å². The van der Waals surface area contributed by atoms with Gasteiger partial charge in [-0.05, 0) is 91.1 Å². The van der Waals surface area contributed by atoms with Crippen LogP contribution in [0.3, 0.4) is 0 Å². The molecule has 6 nitrogen and oxygen atoms in total. The number of nitriles is 1. The van der Waals surface area contributed by atoms with Crippen molar-refractivity contribution in [3.8, 4) is 45.6 Å². The van der Waals surface area contributed by atoms with Crippen molar-refractivity contribution in [2.45, 2.75) is 52.4 Å². The second kappa shape index (κ2) is 16.5. The number of nitrogens with zero attached hydrogens (tertiary/aromatic N) is 5. The first kappa shape index (κ1) is 42.2. The maximum Gasteiger partial charge on any atom is 2.00 e. The molecule has 0 bridgehead atoms. The maximum absolute atomic E-state index is 9.80. The van der Waals surface area contributed by atoms with Gasteiger partial charge in [-0.15, -0.1) is 23.6 Å². The van der Waals surface area contributed by atoms with E-state index in [1.54, 1.807) is 0 Å². The zero-order valence-corrected chi connectivity index (χ0v) is 38.8. The van der Waals surface area contributed by atoms with Gasteiger partial charge in [0.25, 0.3) is 5.69 Å². The molecule has 1 aliphatic rings. The van der Waals surface area contributed by atoms with Crippen molar-refractivity contribution in [3.05, 3.63) is 193 Å². The van der Waals surface area contributed by atoms with Crippen LogP contribution < -0.4 is 13.9 Å². The molecule has 64 heavy (non-hydrogen) atoms. The molecule has 3 heterocycles. The quantitative estimate of drug-likeness (QED) is 0.118. The van der Waals surface area contributed by atoms with E-state index < -0.39 is 0 Å². The third-order valence-electron chi connectivity index (χ3n) is 11.8. The van der Waals surface area contributed by atoms with E-state index in [-0.39, 0.29) is 31.9 Å². The van der Waals surface area contributed by atoms with Gasteiger partial charge in [-0.25, -0.2) is 4.98 Å². The van der Waals surface area contributed by atoms with Crippen LogP contribution in [0.4, 0.5) is 22.7 Å². The van der Waals surface area contributed by atoms with Gasteiger partial charge in [0.1, 0.15) is 11.5 Å². The van der Waals surface area contributed by atoms with Gasteiger partial charge < -0.3 is 9.30 Å². The van der Waals surface area contributed by atoms with Gasteiger partial charge in [-0.3, -0.25) is 0 Å². The summed E-state index contributed by atoms with van der Waals surface area (Å²) in [5, 5.41) is 11.7. The Morgan fingerprint density at radius 2 is 1.34 bits per heavy atom. The summed E-state index contributed by atoms with van der Waals surface area (Å²) in [5.41, 5.74) is 13.0. The van der Waals surface area contributed by atoms with E-state index in [1.807, 2.05) is 60.8 Å². The van der Waals surface area contributed by atoms with Gasteiger partial charge in [0.2, 0.25) is 5.69 Å². The molecular formula is C57H45N5OPt+2. The molecule has 0 fully saturated rings. The summed E-state index contributed by atoms with van der Waals surface area (Å²) in [6.07, 6.45) is 1.86. The van der Waals surface area contributed by atoms with Crippen molar-refractivity contribution >= 4 is 50.6 Å². The minimum Gasteiger partial charge on any atom is -0.509 e. The van der Waals surface area contributed by atoms with Gasteiger partial charge in [-0.2, -0.15) is 17.4 Å². The Bertz CT molecular complexity index is 3390. The Balaban J connectivity index is 0.00000518. The van der Waals surface area contributed by atoms with Crippen molar-refractivity contribution in [1.82, 2.24) is 18.7 Å². The number of para-hydroxylation sites is 1. The maximum atomic E-state index is 9.80. The van der Waals surface area contributed by atoms with Crippen LogP contribution in [0.1, 0.15) is 58.2 Å². The predicted octanol–water partition coefficient (Wildman–Crippen LogP) is 14.2. The third kappa shape index (κ3) is 7.79. The average molecular weight is 1010 g/mol. The number of hydrogen-bond acceptors (Lipinski definition) is 3.